The summed E-state index contributed by atoms with van der Waals surface area (Å²) in [7, 11) is -3.97. The number of carbonyl (C=O) groups excluding carboxylic acids is 1. The smallest absolute Gasteiger partial charge is 0.264 e. The number of amides is 1. The quantitative estimate of drug-likeness (QED) is 0.574. The number of hydrogen-bond acceptors (Lipinski definition) is 5. The van der Waals surface area contributed by atoms with Gasteiger partial charge >= 0.3 is 0 Å². The lowest BCUT2D eigenvalue weighted by molar-refractivity contribution is -0.114. The molecule has 8 heteroatoms. The highest BCUT2D eigenvalue weighted by molar-refractivity contribution is 7.92. The first-order valence-electron chi connectivity index (χ1n) is 10.4. The van der Waals surface area contributed by atoms with E-state index in [1.54, 1.807) is 30.3 Å². The van der Waals surface area contributed by atoms with E-state index in [2.05, 4.69) is 11.4 Å². The van der Waals surface area contributed by atoms with E-state index in [0.29, 0.717) is 16.3 Å². The Morgan fingerprint density at radius 1 is 1.09 bits per heavy atom. The van der Waals surface area contributed by atoms with Crippen LogP contribution in [-0.4, -0.2) is 20.9 Å². The molecule has 0 atom stereocenters. The number of nitrogens with one attached hydrogen (secondary N) is 1. The van der Waals surface area contributed by atoms with E-state index in [1.807, 2.05) is 19.1 Å². The minimum atomic E-state index is -3.97. The van der Waals surface area contributed by atoms with Crippen molar-refractivity contribution in [2.75, 3.05) is 16.2 Å². The van der Waals surface area contributed by atoms with Gasteiger partial charge in [0.05, 0.1) is 16.1 Å². The predicted molar refractivity (Wildman–Crippen MR) is 126 cm³/mol. The Morgan fingerprint density at radius 2 is 1.78 bits per heavy atom. The third-order valence-electron chi connectivity index (χ3n) is 5.54. The summed E-state index contributed by atoms with van der Waals surface area (Å²) in [6.07, 6.45) is 3.84. The second-order valence-corrected chi connectivity index (χ2v) is 10.7. The lowest BCUT2D eigenvalue weighted by Gasteiger charge is -2.25. The molecule has 0 unspecified atom stereocenters. The standard InChI is InChI=1S/C24H23N3O3S2/c1-17-9-5-7-13-21(17)27(32(29,30)18-10-3-2-4-11-18)16-23(28)26-24-20(15-25)19-12-6-8-14-22(19)31-24/h2-5,7,9-11,13H,6,8,12,14,16H2,1H3,(H,26,28). The minimum absolute atomic E-state index is 0.111. The van der Waals surface area contributed by atoms with Crippen LogP contribution >= 0.6 is 11.3 Å². The molecular weight excluding hydrogens is 442 g/mol. The molecule has 0 radical (unpaired) electrons. The SMILES string of the molecule is Cc1ccccc1N(CC(=O)Nc1sc2c(c1C#N)CCCC2)S(=O)(=O)c1ccccc1. The highest BCUT2D eigenvalue weighted by Crippen LogP contribution is 2.37. The molecule has 1 aliphatic rings. The average Bonchev–Trinajstić information content (AvgIpc) is 3.15. The molecule has 1 aromatic heterocycles. The first-order valence-corrected chi connectivity index (χ1v) is 12.7. The number of carbonyl (C=O) groups is 1. The van der Waals surface area contributed by atoms with E-state index in [9.17, 15) is 18.5 Å². The molecule has 164 valence electrons. The Morgan fingerprint density at radius 3 is 2.50 bits per heavy atom. The minimum Gasteiger partial charge on any atom is -0.315 e. The molecule has 6 nitrogen and oxygen atoms in total. The molecule has 0 spiro atoms. The van der Waals surface area contributed by atoms with Crippen LogP contribution in [0.2, 0.25) is 0 Å². The van der Waals surface area contributed by atoms with E-state index in [4.69, 9.17) is 0 Å². The number of sulfonamides is 1. The third kappa shape index (κ3) is 4.27. The van der Waals surface area contributed by atoms with E-state index < -0.39 is 22.5 Å². The van der Waals surface area contributed by atoms with Gasteiger partial charge in [-0.15, -0.1) is 11.3 Å². The normalized spacial score (nSPS) is 13.1. The van der Waals surface area contributed by atoms with Crippen molar-refractivity contribution in [1.82, 2.24) is 0 Å². The topological polar surface area (TPSA) is 90.3 Å². The van der Waals surface area contributed by atoms with Gasteiger partial charge in [0.25, 0.3) is 10.0 Å². The summed E-state index contributed by atoms with van der Waals surface area (Å²) in [6, 6.07) is 17.4. The predicted octanol–water partition coefficient (Wildman–Crippen LogP) is 4.64. The van der Waals surface area contributed by atoms with Crippen LogP contribution in [0.15, 0.2) is 59.5 Å². The van der Waals surface area contributed by atoms with Gasteiger partial charge in [-0.2, -0.15) is 5.26 Å². The monoisotopic (exact) mass is 465 g/mol. The van der Waals surface area contributed by atoms with Crippen molar-refractivity contribution in [1.29, 1.82) is 5.26 Å². The number of anilines is 2. The van der Waals surface area contributed by atoms with E-state index in [1.165, 1.54) is 23.5 Å². The largest absolute Gasteiger partial charge is 0.315 e. The Kier molecular flexibility index (Phi) is 6.31. The maximum atomic E-state index is 13.5. The first kappa shape index (κ1) is 22.1. The molecule has 1 amide bonds. The molecule has 0 saturated carbocycles. The van der Waals surface area contributed by atoms with Crippen LogP contribution in [0.25, 0.3) is 0 Å². The molecule has 0 aliphatic heterocycles. The average molecular weight is 466 g/mol. The van der Waals surface area contributed by atoms with Crippen LogP contribution in [0.4, 0.5) is 10.7 Å². The molecule has 0 saturated heterocycles. The molecule has 0 fully saturated rings. The van der Waals surface area contributed by atoms with Gasteiger partial charge in [-0.25, -0.2) is 8.42 Å². The third-order valence-corrected chi connectivity index (χ3v) is 8.52. The Balaban J connectivity index is 1.67. The summed E-state index contributed by atoms with van der Waals surface area (Å²) in [6.45, 7) is 1.41. The Hall–Kier alpha value is -3.15. The second kappa shape index (κ2) is 9.15. The molecule has 0 bridgehead atoms. The van der Waals surface area contributed by atoms with E-state index in [0.717, 1.165) is 46.0 Å². The molecule has 3 aromatic rings. The zero-order chi connectivity index (χ0) is 22.7. The Labute approximate surface area is 192 Å². The lowest BCUT2D eigenvalue weighted by atomic mass is 9.96. The van der Waals surface area contributed by atoms with E-state index in [-0.39, 0.29) is 4.90 Å². The first-order chi connectivity index (χ1) is 15.4. The van der Waals surface area contributed by atoms with Crippen molar-refractivity contribution in [3.63, 3.8) is 0 Å². The van der Waals surface area contributed by atoms with Gasteiger partial charge in [-0.3, -0.25) is 9.10 Å². The number of fused-ring (bicyclic) bond motifs is 1. The second-order valence-electron chi connectivity index (χ2n) is 7.69. The number of para-hydroxylation sites is 1. The molecule has 1 N–H and O–H groups in total. The lowest BCUT2D eigenvalue weighted by Crippen LogP contribution is -2.38. The zero-order valence-corrected chi connectivity index (χ0v) is 19.3. The number of nitrogens with zero attached hydrogens (tertiary/aromatic N) is 2. The van der Waals surface area contributed by atoms with Crippen LogP contribution in [-0.2, 0) is 27.7 Å². The van der Waals surface area contributed by atoms with Crippen LogP contribution in [0, 0.1) is 18.3 Å². The van der Waals surface area contributed by atoms with Gasteiger partial charge in [0, 0.05) is 4.88 Å². The number of rotatable bonds is 6. The number of benzene rings is 2. The fraction of sp³-hybridized carbons (Fsp3) is 0.250. The van der Waals surface area contributed by atoms with Crippen LogP contribution in [0.3, 0.4) is 0 Å². The fourth-order valence-corrected chi connectivity index (χ4v) is 6.69. The Bertz CT molecular complexity index is 1290. The molecule has 4 rings (SSSR count). The van der Waals surface area contributed by atoms with Gasteiger partial charge in [0.15, 0.2) is 0 Å². The molecular formula is C24H23N3O3S2. The molecule has 32 heavy (non-hydrogen) atoms. The number of nitriles is 1. The summed E-state index contributed by atoms with van der Waals surface area (Å²) in [4.78, 5) is 14.3. The summed E-state index contributed by atoms with van der Waals surface area (Å²) in [5, 5.41) is 13.0. The molecule has 1 heterocycles. The van der Waals surface area contributed by atoms with Crippen LogP contribution < -0.4 is 9.62 Å². The van der Waals surface area contributed by atoms with Gasteiger partial charge in [0.1, 0.15) is 17.6 Å². The highest BCUT2D eigenvalue weighted by Gasteiger charge is 2.29. The van der Waals surface area contributed by atoms with Gasteiger partial charge < -0.3 is 5.32 Å². The highest BCUT2D eigenvalue weighted by atomic mass is 32.2. The number of hydrogen-bond donors (Lipinski definition) is 1. The van der Waals surface area contributed by atoms with Crippen molar-refractivity contribution in [2.45, 2.75) is 37.5 Å². The van der Waals surface area contributed by atoms with Crippen molar-refractivity contribution < 1.29 is 13.2 Å². The van der Waals surface area contributed by atoms with Gasteiger partial charge in [0.2, 0.25) is 5.91 Å². The zero-order valence-electron chi connectivity index (χ0n) is 17.7. The van der Waals surface area contributed by atoms with Crippen molar-refractivity contribution in [3.8, 4) is 6.07 Å². The molecule has 1 aliphatic carbocycles. The van der Waals surface area contributed by atoms with Gasteiger partial charge in [-0.1, -0.05) is 36.4 Å². The summed E-state index contributed by atoms with van der Waals surface area (Å²) >= 11 is 1.42. The van der Waals surface area contributed by atoms with E-state index >= 15 is 0 Å². The summed E-state index contributed by atoms with van der Waals surface area (Å²) < 4.78 is 28.0. The van der Waals surface area contributed by atoms with Crippen molar-refractivity contribution in [2.24, 2.45) is 0 Å². The molecule has 2 aromatic carbocycles. The maximum Gasteiger partial charge on any atom is 0.264 e. The summed E-state index contributed by atoms with van der Waals surface area (Å²) in [5.41, 5.74) is 2.71. The number of thiophene rings is 1. The van der Waals surface area contributed by atoms with Crippen molar-refractivity contribution in [3.05, 3.63) is 76.2 Å². The summed E-state index contributed by atoms with van der Waals surface area (Å²) in [5.74, 6) is -0.483. The van der Waals surface area contributed by atoms with Crippen LogP contribution in [0.1, 0.15) is 34.4 Å². The van der Waals surface area contributed by atoms with Crippen LogP contribution in [0.5, 0.6) is 0 Å². The fourth-order valence-electron chi connectivity index (χ4n) is 3.93. The van der Waals surface area contributed by atoms with Crippen molar-refractivity contribution >= 4 is 38.0 Å². The van der Waals surface area contributed by atoms with Gasteiger partial charge in [-0.05, 0) is 61.9 Å². The number of aryl methyl sites for hydroxylation is 2. The maximum absolute atomic E-state index is 13.5.